The Hall–Kier alpha value is -3.88. The highest BCUT2D eigenvalue weighted by atomic mass is 19.1. The topological polar surface area (TPSA) is 87.9 Å². The highest BCUT2D eigenvalue weighted by Gasteiger charge is 2.20. The zero-order valence-corrected chi connectivity index (χ0v) is 19.9. The summed E-state index contributed by atoms with van der Waals surface area (Å²) in [5.74, 6) is 0.00173. The lowest BCUT2D eigenvalue weighted by Crippen LogP contribution is -2.10. The monoisotopic (exact) mass is 472 g/mol. The second-order valence-corrected chi connectivity index (χ2v) is 7.10. The maximum absolute atomic E-state index is 13.0. The Bertz CT molecular complexity index is 1020. The lowest BCUT2D eigenvalue weighted by atomic mass is 9.97. The second kappa shape index (κ2) is 13.6. The molecule has 2 aromatic carbocycles. The summed E-state index contributed by atoms with van der Waals surface area (Å²) in [4.78, 5) is 22.8. The van der Waals surface area contributed by atoms with Crippen molar-refractivity contribution in [2.24, 2.45) is 10.3 Å². The predicted octanol–water partition coefficient (Wildman–Crippen LogP) is 4.70. The summed E-state index contributed by atoms with van der Waals surface area (Å²) in [6.45, 7) is 3.20. The van der Waals surface area contributed by atoms with Gasteiger partial charge in [-0.15, -0.1) is 0 Å². The van der Waals surface area contributed by atoms with Crippen molar-refractivity contribution in [2.75, 3.05) is 27.9 Å². The Kier molecular flexibility index (Phi) is 10.6. The van der Waals surface area contributed by atoms with Crippen LogP contribution < -0.4 is 4.74 Å². The molecule has 8 nitrogen and oxygen atoms in total. The van der Waals surface area contributed by atoms with E-state index in [1.807, 2.05) is 12.1 Å². The molecule has 34 heavy (non-hydrogen) atoms. The number of hydrogen-bond donors (Lipinski definition) is 0. The third-order valence-corrected chi connectivity index (χ3v) is 4.54. The number of hydrogen-bond acceptors (Lipinski definition) is 8. The van der Waals surface area contributed by atoms with Crippen LogP contribution in [0.2, 0.25) is 0 Å². The number of carbonyl (C=O) groups excluding carboxylic acids is 1. The molecule has 0 saturated carbocycles. The molecule has 0 amide bonds. The number of rotatable bonds is 12. The number of ether oxygens (including phenoxy) is 3. The van der Waals surface area contributed by atoms with Gasteiger partial charge in [0, 0.05) is 11.1 Å². The van der Waals surface area contributed by atoms with Crippen molar-refractivity contribution in [3.63, 3.8) is 0 Å². The van der Waals surface area contributed by atoms with E-state index >= 15 is 0 Å². The fourth-order valence-corrected chi connectivity index (χ4v) is 2.96. The van der Waals surface area contributed by atoms with E-state index < -0.39 is 18.2 Å². The van der Waals surface area contributed by atoms with Crippen LogP contribution in [-0.4, -0.2) is 52.0 Å². The van der Waals surface area contributed by atoms with Crippen LogP contribution in [0.4, 0.5) is 4.39 Å². The molecular weight excluding hydrogens is 443 g/mol. The molecule has 2 atom stereocenters. The fraction of sp³-hybridized carbons (Fsp3) is 0.320. The van der Waals surface area contributed by atoms with Gasteiger partial charge in [-0.05, 0) is 43.7 Å². The first-order chi connectivity index (χ1) is 16.4. The summed E-state index contributed by atoms with van der Waals surface area (Å²) in [6.07, 6.45) is 1.16. The third-order valence-electron chi connectivity index (χ3n) is 4.54. The Morgan fingerprint density at radius 3 is 2.38 bits per heavy atom. The molecule has 0 aliphatic rings. The van der Waals surface area contributed by atoms with Crippen LogP contribution in [0.25, 0.3) is 5.57 Å². The number of carbonyl (C=O) groups is 1. The normalized spacial score (nSPS) is 13.8. The van der Waals surface area contributed by atoms with Gasteiger partial charge in [0.1, 0.15) is 43.0 Å². The number of nitrogens with zero attached hydrogens (tertiary/aromatic N) is 2. The molecule has 182 valence electrons. The molecule has 9 heteroatoms. The largest absolute Gasteiger partial charge is 0.503 e. The number of alkyl halides is 1. The zero-order valence-electron chi connectivity index (χ0n) is 19.9. The van der Waals surface area contributed by atoms with Crippen LogP contribution in [0.15, 0.2) is 65.1 Å². The molecule has 2 rings (SSSR count). The predicted molar refractivity (Wildman–Crippen MR) is 127 cm³/mol. The Labute approximate surface area is 198 Å². The van der Waals surface area contributed by atoms with Crippen molar-refractivity contribution in [1.82, 2.24) is 0 Å². The van der Waals surface area contributed by atoms with Gasteiger partial charge in [0.05, 0.1) is 26.7 Å². The minimum absolute atomic E-state index is 0.0235. The van der Waals surface area contributed by atoms with Crippen molar-refractivity contribution >= 4 is 23.5 Å². The number of oxime groups is 2. The van der Waals surface area contributed by atoms with Crippen molar-refractivity contribution in [1.29, 1.82) is 0 Å². The minimum Gasteiger partial charge on any atom is -0.503 e. The van der Waals surface area contributed by atoms with Crippen molar-refractivity contribution < 1.29 is 33.1 Å². The van der Waals surface area contributed by atoms with E-state index in [1.54, 1.807) is 43.3 Å². The van der Waals surface area contributed by atoms with E-state index in [-0.39, 0.29) is 12.2 Å². The average Bonchev–Trinajstić information content (AvgIpc) is 2.85. The van der Waals surface area contributed by atoms with Gasteiger partial charge in [-0.25, -0.2) is 9.18 Å². The van der Waals surface area contributed by atoms with Crippen molar-refractivity contribution in [3.05, 3.63) is 71.5 Å². The average molecular weight is 473 g/mol. The smallest absolute Gasteiger partial charge is 0.341 e. The first-order valence-corrected chi connectivity index (χ1v) is 10.5. The van der Waals surface area contributed by atoms with E-state index in [1.165, 1.54) is 40.7 Å². The molecular formula is C25H29FN2O6. The van der Waals surface area contributed by atoms with Crippen LogP contribution in [0.3, 0.4) is 0 Å². The highest BCUT2D eigenvalue weighted by Crippen LogP contribution is 2.28. The SMILES string of the molecule is COC=C(C(=O)OC)c1ccccc1C(C)ON=CC(=NOC)c1ccc(OCC(C)F)cc1. The minimum atomic E-state index is -1.06. The first kappa shape index (κ1) is 26.4. The van der Waals surface area contributed by atoms with E-state index in [9.17, 15) is 9.18 Å². The molecule has 0 aromatic heterocycles. The Morgan fingerprint density at radius 2 is 1.76 bits per heavy atom. The van der Waals surface area contributed by atoms with Gasteiger partial charge >= 0.3 is 5.97 Å². The Morgan fingerprint density at radius 1 is 1.06 bits per heavy atom. The second-order valence-electron chi connectivity index (χ2n) is 7.10. The summed E-state index contributed by atoms with van der Waals surface area (Å²) < 4.78 is 28.2. The highest BCUT2D eigenvalue weighted by molar-refractivity contribution is 6.37. The quantitative estimate of drug-likeness (QED) is 0.146. The van der Waals surface area contributed by atoms with E-state index in [0.717, 1.165) is 0 Å². The fourth-order valence-electron chi connectivity index (χ4n) is 2.96. The number of halogens is 1. The van der Waals surface area contributed by atoms with Crippen LogP contribution in [-0.2, 0) is 23.9 Å². The maximum Gasteiger partial charge on any atom is 0.341 e. The van der Waals surface area contributed by atoms with E-state index in [4.69, 9.17) is 23.9 Å². The zero-order chi connectivity index (χ0) is 24.9. The molecule has 0 heterocycles. The first-order valence-electron chi connectivity index (χ1n) is 10.5. The lowest BCUT2D eigenvalue weighted by molar-refractivity contribution is -0.133. The van der Waals surface area contributed by atoms with E-state index in [2.05, 4.69) is 10.3 Å². The molecule has 0 saturated heterocycles. The van der Waals surface area contributed by atoms with Gasteiger partial charge in [0.2, 0.25) is 0 Å². The Balaban J connectivity index is 2.18. The number of esters is 1. The van der Waals surface area contributed by atoms with Gasteiger partial charge in [-0.2, -0.15) is 0 Å². The standard InChI is InChI=1S/C25H29FN2O6/c1-17(26)15-33-20-12-10-19(11-13-20)24(28-32-5)14-27-34-18(2)21-8-6-7-9-22(21)23(16-30-3)25(29)31-4/h6-14,16-18H,15H2,1-5H3. The molecule has 0 bridgehead atoms. The molecule has 0 aliphatic heterocycles. The van der Waals surface area contributed by atoms with Crippen molar-refractivity contribution in [2.45, 2.75) is 26.1 Å². The van der Waals surface area contributed by atoms with Crippen LogP contribution in [0.5, 0.6) is 5.75 Å². The van der Waals surface area contributed by atoms with Crippen LogP contribution in [0, 0.1) is 0 Å². The third kappa shape index (κ3) is 7.61. The summed E-state index contributed by atoms with van der Waals surface area (Å²) in [5.41, 5.74) is 2.66. The van der Waals surface area contributed by atoms with Crippen LogP contribution >= 0.6 is 0 Å². The van der Waals surface area contributed by atoms with Crippen molar-refractivity contribution in [3.8, 4) is 5.75 Å². The maximum atomic E-state index is 13.0. The van der Waals surface area contributed by atoms with Gasteiger partial charge in [0.25, 0.3) is 0 Å². The summed E-state index contributed by atoms with van der Waals surface area (Å²) >= 11 is 0. The lowest BCUT2D eigenvalue weighted by Gasteiger charge is -2.16. The molecule has 2 aromatic rings. The molecule has 0 radical (unpaired) electrons. The number of benzene rings is 2. The van der Waals surface area contributed by atoms with Crippen LogP contribution in [0.1, 0.15) is 36.6 Å². The molecule has 0 fully saturated rings. The molecule has 2 unspecified atom stereocenters. The summed E-state index contributed by atoms with van der Waals surface area (Å²) in [7, 11) is 4.17. The summed E-state index contributed by atoms with van der Waals surface area (Å²) in [6, 6.07) is 14.1. The molecule has 0 aliphatic carbocycles. The number of methoxy groups -OCH3 is 2. The van der Waals surface area contributed by atoms with Gasteiger partial charge in [0.15, 0.2) is 0 Å². The van der Waals surface area contributed by atoms with Gasteiger partial charge < -0.3 is 23.9 Å². The van der Waals surface area contributed by atoms with Gasteiger partial charge in [-0.3, -0.25) is 0 Å². The molecule has 0 spiro atoms. The van der Waals surface area contributed by atoms with Gasteiger partial charge in [-0.1, -0.05) is 34.6 Å². The summed E-state index contributed by atoms with van der Waals surface area (Å²) in [5, 5.41) is 8.02. The van der Waals surface area contributed by atoms with E-state index in [0.29, 0.717) is 28.2 Å². The molecule has 0 N–H and O–H groups in total.